The molecule has 27 heavy (non-hydrogen) atoms. The Balaban J connectivity index is 1.58. The summed E-state index contributed by atoms with van der Waals surface area (Å²) in [5.41, 5.74) is 1.90. The van der Waals surface area contributed by atoms with Crippen molar-refractivity contribution in [2.75, 3.05) is 20.8 Å². The second-order valence-electron chi connectivity index (χ2n) is 6.65. The van der Waals surface area contributed by atoms with Gasteiger partial charge in [0, 0.05) is 19.1 Å². The van der Waals surface area contributed by atoms with E-state index in [0.717, 1.165) is 35.5 Å². The summed E-state index contributed by atoms with van der Waals surface area (Å²) < 4.78 is 23.7. The van der Waals surface area contributed by atoms with Crippen molar-refractivity contribution in [2.24, 2.45) is 0 Å². The van der Waals surface area contributed by atoms with Gasteiger partial charge in [0.2, 0.25) is 0 Å². The van der Waals surface area contributed by atoms with Gasteiger partial charge >= 0.3 is 6.03 Å². The van der Waals surface area contributed by atoms with Crippen LogP contribution in [0.1, 0.15) is 24.0 Å². The summed E-state index contributed by atoms with van der Waals surface area (Å²) in [6, 6.07) is 12.1. The molecule has 0 aliphatic heterocycles. The summed E-state index contributed by atoms with van der Waals surface area (Å²) in [5, 5.41) is 2.99. The van der Waals surface area contributed by atoms with Crippen LogP contribution in [0.5, 0.6) is 11.5 Å². The maximum atomic E-state index is 13.1. The first-order valence-corrected chi connectivity index (χ1v) is 9.10. The Morgan fingerprint density at radius 3 is 2.52 bits per heavy atom. The molecular weight excluding hydrogens is 347 g/mol. The molecule has 0 spiro atoms. The Morgan fingerprint density at radius 1 is 1.15 bits per heavy atom. The molecule has 144 valence electrons. The van der Waals surface area contributed by atoms with Crippen LogP contribution in [-0.4, -0.2) is 37.7 Å². The van der Waals surface area contributed by atoms with Crippen LogP contribution in [0.3, 0.4) is 0 Å². The number of benzene rings is 2. The number of hydrogen-bond acceptors (Lipinski definition) is 3. The van der Waals surface area contributed by atoms with Crippen molar-refractivity contribution in [1.29, 1.82) is 0 Å². The average molecular weight is 372 g/mol. The summed E-state index contributed by atoms with van der Waals surface area (Å²) in [6.45, 7) is 0.980. The number of methoxy groups -OCH3 is 2. The Kier molecular flexibility index (Phi) is 6.16. The van der Waals surface area contributed by atoms with E-state index in [-0.39, 0.29) is 17.9 Å². The number of nitrogens with zero attached hydrogens (tertiary/aromatic N) is 1. The molecule has 1 aliphatic carbocycles. The van der Waals surface area contributed by atoms with E-state index in [1.807, 2.05) is 23.1 Å². The van der Waals surface area contributed by atoms with Gasteiger partial charge in [0.05, 0.1) is 14.2 Å². The zero-order valence-corrected chi connectivity index (χ0v) is 15.7. The van der Waals surface area contributed by atoms with Gasteiger partial charge in [-0.3, -0.25) is 0 Å². The van der Waals surface area contributed by atoms with Gasteiger partial charge in [0.25, 0.3) is 0 Å². The fourth-order valence-corrected chi connectivity index (χ4v) is 3.02. The van der Waals surface area contributed by atoms with Crippen LogP contribution in [-0.2, 0) is 13.0 Å². The molecule has 0 saturated heterocycles. The molecule has 0 bridgehead atoms. The number of ether oxygens (including phenoxy) is 2. The van der Waals surface area contributed by atoms with E-state index in [0.29, 0.717) is 19.5 Å². The third-order valence-electron chi connectivity index (χ3n) is 4.67. The topological polar surface area (TPSA) is 50.8 Å². The Labute approximate surface area is 159 Å². The Bertz CT molecular complexity index is 775. The first-order chi connectivity index (χ1) is 13.1. The van der Waals surface area contributed by atoms with Gasteiger partial charge < -0.3 is 19.7 Å². The first-order valence-electron chi connectivity index (χ1n) is 9.10. The highest BCUT2D eigenvalue weighted by Gasteiger charge is 2.32. The molecule has 0 atom stereocenters. The minimum atomic E-state index is -0.270. The smallest absolute Gasteiger partial charge is 0.317 e. The molecule has 0 unspecified atom stereocenters. The third-order valence-corrected chi connectivity index (χ3v) is 4.67. The van der Waals surface area contributed by atoms with Gasteiger partial charge in [-0.2, -0.15) is 0 Å². The lowest BCUT2D eigenvalue weighted by Crippen LogP contribution is -2.41. The van der Waals surface area contributed by atoms with Gasteiger partial charge in [0.15, 0.2) is 0 Å². The maximum absolute atomic E-state index is 13.1. The van der Waals surface area contributed by atoms with Crippen molar-refractivity contribution in [1.82, 2.24) is 10.2 Å². The quantitative estimate of drug-likeness (QED) is 0.768. The molecule has 0 radical (unpaired) electrons. The number of hydrogen-bond donors (Lipinski definition) is 1. The van der Waals surface area contributed by atoms with Crippen LogP contribution in [0, 0.1) is 5.82 Å². The lowest BCUT2D eigenvalue weighted by atomic mass is 10.1. The van der Waals surface area contributed by atoms with Crippen molar-refractivity contribution in [3.8, 4) is 11.5 Å². The lowest BCUT2D eigenvalue weighted by molar-refractivity contribution is 0.192. The molecule has 0 heterocycles. The summed E-state index contributed by atoms with van der Waals surface area (Å²) in [6.07, 6.45) is 2.66. The Morgan fingerprint density at radius 2 is 1.89 bits per heavy atom. The number of carbonyl (C=O) groups is 1. The molecule has 3 rings (SSSR count). The molecule has 2 amide bonds. The first kappa shape index (κ1) is 19.0. The highest BCUT2D eigenvalue weighted by atomic mass is 19.1. The van der Waals surface area contributed by atoms with Crippen LogP contribution in [0.4, 0.5) is 9.18 Å². The summed E-state index contributed by atoms with van der Waals surface area (Å²) in [5.74, 6) is 1.26. The van der Waals surface area contributed by atoms with Crippen LogP contribution in [0.25, 0.3) is 0 Å². The van der Waals surface area contributed by atoms with Gasteiger partial charge in [-0.25, -0.2) is 9.18 Å². The second kappa shape index (κ2) is 8.75. The molecule has 6 heteroatoms. The lowest BCUT2D eigenvalue weighted by Gasteiger charge is -2.23. The summed E-state index contributed by atoms with van der Waals surface area (Å²) >= 11 is 0. The fourth-order valence-electron chi connectivity index (χ4n) is 3.02. The fraction of sp³-hybridized carbons (Fsp3) is 0.381. The second-order valence-corrected chi connectivity index (χ2v) is 6.65. The number of urea groups is 1. The molecule has 1 saturated carbocycles. The number of carbonyl (C=O) groups excluding carboxylic acids is 1. The van der Waals surface area contributed by atoms with Crippen LogP contribution in [0.15, 0.2) is 42.5 Å². The van der Waals surface area contributed by atoms with E-state index in [1.165, 1.54) is 12.1 Å². The summed E-state index contributed by atoms with van der Waals surface area (Å²) in [4.78, 5) is 14.5. The summed E-state index contributed by atoms with van der Waals surface area (Å²) in [7, 11) is 3.25. The van der Waals surface area contributed by atoms with E-state index < -0.39 is 0 Å². The zero-order chi connectivity index (χ0) is 19.2. The zero-order valence-electron chi connectivity index (χ0n) is 15.7. The molecule has 2 aromatic rings. The predicted molar refractivity (Wildman–Crippen MR) is 102 cm³/mol. The molecular formula is C21H25FN2O3. The van der Waals surface area contributed by atoms with Gasteiger partial charge in [-0.05, 0) is 60.7 Å². The molecule has 1 fully saturated rings. The highest BCUT2D eigenvalue weighted by Crippen LogP contribution is 2.28. The molecule has 2 aromatic carbocycles. The average Bonchev–Trinajstić information content (AvgIpc) is 3.52. The predicted octanol–water partition coefficient (Wildman–Crippen LogP) is 3.76. The minimum absolute atomic E-state index is 0.0938. The Hall–Kier alpha value is -2.76. The molecule has 0 aromatic heterocycles. The molecule has 5 nitrogen and oxygen atoms in total. The SMILES string of the molecule is COc1ccc(OC)c(CCNC(=O)N(Cc2ccc(F)cc2)C2CC2)c1. The van der Waals surface area contributed by atoms with E-state index in [9.17, 15) is 9.18 Å². The van der Waals surface area contributed by atoms with Gasteiger partial charge in [-0.1, -0.05) is 12.1 Å². The van der Waals surface area contributed by atoms with Crippen LogP contribution < -0.4 is 14.8 Å². The molecule has 1 aliphatic rings. The van der Waals surface area contributed by atoms with Crippen molar-refractivity contribution in [2.45, 2.75) is 31.8 Å². The van der Waals surface area contributed by atoms with Crippen molar-refractivity contribution < 1.29 is 18.7 Å². The molecule has 1 N–H and O–H groups in total. The van der Waals surface area contributed by atoms with Crippen LogP contribution in [0.2, 0.25) is 0 Å². The van der Waals surface area contributed by atoms with Gasteiger partial charge in [-0.15, -0.1) is 0 Å². The maximum Gasteiger partial charge on any atom is 0.317 e. The van der Waals surface area contributed by atoms with E-state index in [1.54, 1.807) is 26.4 Å². The van der Waals surface area contributed by atoms with Crippen molar-refractivity contribution >= 4 is 6.03 Å². The van der Waals surface area contributed by atoms with Crippen molar-refractivity contribution in [3.63, 3.8) is 0 Å². The number of nitrogens with one attached hydrogen (secondary N) is 1. The minimum Gasteiger partial charge on any atom is -0.497 e. The van der Waals surface area contributed by atoms with Crippen LogP contribution >= 0.6 is 0 Å². The van der Waals surface area contributed by atoms with Crippen molar-refractivity contribution in [3.05, 3.63) is 59.4 Å². The van der Waals surface area contributed by atoms with E-state index >= 15 is 0 Å². The highest BCUT2D eigenvalue weighted by molar-refractivity contribution is 5.75. The number of rotatable bonds is 8. The third kappa shape index (κ3) is 5.12. The van der Waals surface area contributed by atoms with E-state index in [2.05, 4.69) is 5.32 Å². The number of amides is 2. The number of halogens is 1. The standard InChI is InChI=1S/C21H25FN2O3/c1-26-19-9-10-20(27-2)16(13-19)11-12-23-21(25)24(18-7-8-18)14-15-3-5-17(22)6-4-15/h3-6,9-10,13,18H,7-8,11-12,14H2,1-2H3,(H,23,25). The normalized spacial score (nSPS) is 13.1. The van der Waals surface area contributed by atoms with Gasteiger partial charge in [0.1, 0.15) is 17.3 Å². The van der Waals surface area contributed by atoms with E-state index in [4.69, 9.17) is 9.47 Å². The monoisotopic (exact) mass is 372 g/mol. The largest absolute Gasteiger partial charge is 0.497 e.